The fraction of sp³-hybridized carbons (Fsp3) is 0.765. The molecule has 1 aliphatic rings. The predicted octanol–water partition coefficient (Wildman–Crippen LogP) is 1.22. The Morgan fingerprint density at radius 1 is 0.885 bits per heavy atom. The second-order valence-electron chi connectivity index (χ2n) is 5.80. The van der Waals surface area contributed by atoms with E-state index in [0.29, 0.717) is 0 Å². The Bertz CT molecular complexity index is 516. The van der Waals surface area contributed by atoms with Crippen LogP contribution >= 0.6 is 0 Å². The molecule has 0 unspecified atom stereocenters. The van der Waals surface area contributed by atoms with Gasteiger partial charge in [-0.3, -0.25) is 19.2 Å². The summed E-state index contributed by atoms with van der Waals surface area (Å²) in [6.45, 7) is 4.73. The van der Waals surface area contributed by atoms with Gasteiger partial charge in [-0.2, -0.15) is 0 Å². The zero-order valence-corrected chi connectivity index (χ0v) is 15.3. The molecule has 9 nitrogen and oxygen atoms in total. The van der Waals surface area contributed by atoms with Gasteiger partial charge in [-0.1, -0.05) is 20.8 Å². The lowest BCUT2D eigenvalue weighted by molar-refractivity contribution is -0.228. The SMILES string of the molecule is CCC(=O)O[C@@H]1[C@H](OC(=O)CC)[C@H](CCC(=O)O)OC[C@@H]1OC(=O)CC. The van der Waals surface area contributed by atoms with E-state index < -0.39 is 48.3 Å². The Morgan fingerprint density at radius 2 is 1.38 bits per heavy atom. The summed E-state index contributed by atoms with van der Waals surface area (Å²) in [6, 6.07) is 0. The number of hydrogen-bond donors (Lipinski definition) is 1. The maximum absolute atomic E-state index is 11.8. The lowest BCUT2D eigenvalue weighted by atomic mass is 9.96. The van der Waals surface area contributed by atoms with E-state index in [1.807, 2.05) is 0 Å². The van der Waals surface area contributed by atoms with Crippen molar-refractivity contribution in [2.75, 3.05) is 6.61 Å². The van der Waals surface area contributed by atoms with Crippen LogP contribution in [0.2, 0.25) is 0 Å². The van der Waals surface area contributed by atoms with Crippen molar-refractivity contribution in [2.24, 2.45) is 0 Å². The van der Waals surface area contributed by atoms with Crippen LogP contribution in [0.25, 0.3) is 0 Å². The molecule has 148 valence electrons. The minimum absolute atomic E-state index is 0.0611. The van der Waals surface area contributed by atoms with Crippen molar-refractivity contribution in [1.82, 2.24) is 0 Å². The molecule has 0 saturated carbocycles. The van der Waals surface area contributed by atoms with Gasteiger partial charge < -0.3 is 24.1 Å². The van der Waals surface area contributed by atoms with Gasteiger partial charge in [0.2, 0.25) is 0 Å². The van der Waals surface area contributed by atoms with E-state index in [0.717, 1.165) is 0 Å². The number of ether oxygens (including phenoxy) is 4. The summed E-state index contributed by atoms with van der Waals surface area (Å²) in [5.41, 5.74) is 0. The monoisotopic (exact) mass is 374 g/mol. The Balaban J connectivity index is 3.06. The highest BCUT2D eigenvalue weighted by Gasteiger charge is 2.47. The molecule has 0 aromatic carbocycles. The van der Waals surface area contributed by atoms with E-state index in [1.165, 1.54) is 0 Å². The summed E-state index contributed by atoms with van der Waals surface area (Å²) in [4.78, 5) is 46.1. The molecule has 1 aliphatic heterocycles. The van der Waals surface area contributed by atoms with Crippen LogP contribution in [0.1, 0.15) is 52.9 Å². The van der Waals surface area contributed by atoms with Crippen molar-refractivity contribution < 1.29 is 43.2 Å². The largest absolute Gasteiger partial charge is 0.481 e. The number of carbonyl (C=O) groups is 4. The van der Waals surface area contributed by atoms with Crippen LogP contribution in [-0.2, 0) is 38.1 Å². The van der Waals surface area contributed by atoms with Crippen LogP contribution in [0, 0.1) is 0 Å². The molecule has 0 aliphatic carbocycles. The van der Waals surface area contributed by atoms with E-state index in [2.05, 4.69) is 0 Å². The molecule has 0 aromatic rings. The van der Waals surface area contributed by atoms with Crippen molar-refractivity contribution in [3.05, 3.63) is 0 Å². The van der Waals surface area contributed by atoms with E-state index >= 15 is 0 Å². The van der Waals surface area contributed by atoms with E-state index in [-0.39, 0.29) is 38.7 Å². The Kier molecular flexibility index (Phi) is 9.04. The van der Waals surface area contributed by atoms with E-state index in [4.69, 9.17) is 24.1 Å². The van der Waals surface area contributed by atoms with Crippen LogP contribution < -0.4 is 0 Å². The highest BCUT2D eigenvalue weighted by atomic mass is 16.6. The molecule has 1 N–H and O–H groups in total. The number of aliphatic carboxylic acids is 1. The summed E-state index contributed by atoms with van der Waals surface area (Å²) in [6.07, 6.45) is -3.70. The van der Waals surface area contributed by atoms with Crippen molar-refractivity contribution in [1.29, 1.82) is 0 Å². The number of rotatable bonds is 9. The van der Waals surface area contributed by atoms with Gasteiger partial charge in [0.05, 0.1) is 12.7 Å². The fourth-order valence-electron chi connectivity index (χ4n) is 2.45. The molecule has 26 heavy (non-hydrogen) atoms. The molecule has 1 rings (SSSR count). The standard InChI is InChI=1S/C17H26O9/c1-4-13(20)24-11-9-23-10(7-8-12(18)19)16(25-14(21)5-2)17(11)26-15(22)6-3/h10-11,16-17H,4-9H2,1-3H3,(H,18,19)/t10-,11-,16+,17-/m0/s1. The Hall–Kier alpha value is -2.16. The summed E-state index contributed by atoms with van der Waals surface area (Å²) in [5, 5.41) is 8.89. The zero-order chi connectivity index (χ0) is 19.7. The lowest BCUT2D eigenvalue weighted by Crippen LogP contribution is -2.57. The molecule has 1 fully saturated rings. The van der Waals surface area contributed by atoms with Crippen molar-refractivity contribution in [3.63, 3.8) is 0 Å². The molecule has 4 atom stereocenters. The first kappa shape index (κ1) is 21.9. The number of carboxylic acids is 1. The molecule has 0 radical (unpaired) electrons. The Labute approximate surface area is 151 Å². The van der Waals surface area contributed by atoms with E-state index in [9.17, 15) is 19.2 Å². The van der Waals surface area contributed by atoms with Gasteiger partial charge in [0, 0.05) is 25.7 Å². The average molecular weight is 374 g/mol. The molecule has 0 spiro atoms. The number of hydrogen-bond acceptors (Lipinski definition) is 8. The second kappa shape index (κ2) is 10.7. The minimum atomic E-state index is -1.05. The molecule has 0 bridgehead atoms. The van der Waals surface area contributed by atoms with Gasteiger partial charge in [-0.15, -0.1) is 0 Å². The molecule has 9 heteroatoms. The second-order valence-corrected chi connectivity index (χ2v) is 5.80. The molecule has 0 aromatic heterocycles. The van der Waals surface area contributed by atoms with Crippen LogP contribution in [-0.4, -0.2) is 60.0 Å². The van der Waals surface area contributed by atoms with Gasteiger partial charge >= 0.3 is 23.9 Å². The van der Waals surface area contributed by atoms with Crippen LogP contribution in [0.4, 0.5) is 0 Å². The first-order chi connectivity index (χ1) is 12.3. The summed E-state index contributed by atoms with van der Waals surface area (Å²) in [7, 11) is 0. The Morgan fingerprint density at radius 3 is 1.88 bits per heavy atom. The quantitative estimate of drug-likeness (QED) is 0.468. The molecule has 1 saturated heterocycles. The smallest absolute Gasteiger partial charge is 0.306 e. The summed E-state index contributed by atoms with van der Waals surface area (Å²) >= 11 is 0. The van der Waals surface area contributed by atoms with Gasteiger partial charge in [0.25, 0.3) is 0 Å². The first-order valence-electron chi connectivity index (χ1n) is 8.74. The van der Waals surface area contributed by atoms with Gasteiger partial charge in [0.1, 0.15) is 0 Å². The van der Waals surface area contributed by atoms with Crippen LogP contribution in [0.3, 0.4) is 0 Å². The van der Waals surface area contributed by atoms with Gasteiger partial charge in [-0.05, 0) is 6.42 Å². The highest BCUT2D eigenvalue weighted by Crippen LogP contribution is 2.27. The minimum Gasteiger partial charge on any atom is -0.481 e. The third-order valence-electron chi connectivity index (χ3n) is 3.86. The number of esters is 3. The van der Waals surface area contributed by atoms with Gasteiger partial charge in [-0.25, -0.2) is 0 Å². The molecular formula is C17H26O9. The lowest BCUT2D eigenvalue weighted by Gasteiger charge is -2.40. The summed E-state index contributed by atoms with van der Waals surface area (Å²) < 4.78 is 21.6. The first-order valence-corrected chi connectivity index (χ1v) is 8.74. The highest BCUT2D eigenvalue weighted by molar-refractivity contribution is 5.71. The molecule has 1 heterocycles. The maximum Gasteiger partial charge on any atom is 0.306 e. The fourth-order valence-corrected chi connectivity index (χ4v) is 2.45. The van der Waals surface area contributed by atoms with Crippen molar-refractivity contribution >= 4 is 23.9 Å². The third-order valence-corrected chi connectivity index (χ3v) is 3.86. The predicted molar refractivity (Wildman–Crippen MR) is 87.1 cm³/mol. The maximum atomic E-state index is 11.8. The third kappa shape index (κ3) is 6.62. The normalized spacial score (nSPS) is 25.2. The van der Waals surface area contributed by atoms with Gasteiger partial charge in [0.15, 0.2) is 18.3 Å². The molecule has 0 amide bonds. The summed E-state index contributed by atoms with van der Waals surface area (Å²) in [5.74, 6) is -2.65. The van der Waals surface area contributed by atoms with E-state index in [1.54, 1.807) is 20.8 Å². The van der Waals surface area contributed by atoms with Crippen molar-refractivity contribution in [3.8, 4) is 0 Å². The van der Waals surface area contributed by atoms with Crippen LogP contribution in [0.15, 0.2) is 0 Å². The number of carboxylic acid groups (broad SMARTS) is 1. The topological polar surface area (TPSA) is 125 Å². The van der Waals surface area contributed by atoms with Crippen molar-refractivity contribution in [2.45, 2.75) is 77.3 Å². The number of carbonyl (C=O) groups excluding carboxylic acids is 3. The molecular weight excluding hydrogens is 348 g/mol. The van der Waals surface area contributed by atoms with Crippen LogP contribution in [0.5, 0.6) is 0 Å². The average Bonchev–Trinajstić information content (AvgIpc) is 2.62. The zero-order valence-electron chi connectivity index (χ0n) is 15.3.